The molecule has 0 amide bonds. The predicted molar refractivity (Wildman–Crippen MR) is 73.7 cm³/mol. The van der Waals surface area contributed by atoms with Gasteiger partial charge in [0.2, 0.25) is 0 Å². The van der Waals surface area contributed by atoms with E-state index in [2.05, 4.69) is 25.9 Å². The lowest BCUT2D eigenvalue weighted by Gasteiger charge is -2.16. The van der Waals surface area contributed by atoms with Gasteiger partial charge in [-0.15, -0.1) is 0 Å². The minimum Gasteiger partial charge on any atom is -0.289 e. The summed E-state index contributed by atoms with van der Waals surface area (Å²) < 4.78 is 2.44. The van der Waals surface area contributed by atoms with Gasteiger partial charge in [0.25, 0.3) is 5.56 Å². The Hall–Kier alpha value is -1.23. The van der Waals surface area contributed by atoms with Crippen LogP contribution in [0.15, 0.2) is 21.5 Å². The standard InChI is InChI=1S/C13H14BrN3O/c1-8-15-7-9-6-11(14)13(18)17(12(9)16-8)10-4-2-3-5-10/h6-7,10H,2-5H2,1H3. The van der Waals surface area contributed by atoms with Crippen molar-refractivity contribution in [3.05, 3.63) is 32.9 Å². The third-order valence-electron chi connectivity index (χ3n) is 3.54. The fourth-order valence-corrected chi connectivity index (χ4v) is 3.11. The van der Waals surface area contributed by atoms with Crippen molar-refractivity contribution >= 4 is 27.0 Å². The zero-order chi connectivity index (χ0) is 12.7. The Morgan fingerprint density at radius 1 is 1.39 bits per heavy atom. The Morgan fingerprint density at radius 3 is 2.83 bits per heavy atom. The van der Waals surface area contributed by atoms with Gasteiger partial charge in [-0.2, -0.15) is 0 Å². The van der Waals surface area contributed by atoms with Crippen LogP contribution in [-0.2, 0) is 0 Å². The number of aryl methyl sites for hydroxylation is 1. The van der Waals surface area contributed by atoms with Crippen LogP contribution in [0, 0.1) is 6.92 Å². The molecule has 5 heteroatoms. The van der Waals surface area contributed by atoms with Crippen LogP contribution < -0.4 is 5.56 Å². The van der Waals surface area contributed by atoms with Crippen LogP contribution in [0.25, 0.3) is 11.0 Å². The summed E-state index contributed by atoms with van der Waals surface area (Å²) in [7, 11) is 0. The van der Waals surface area contributed by atoms with Gasteiger partial charge in [-0.25, -0.2) is 9.97 Å². The molecule has 1 aliphatic carbocycles. The molecule has 0 atom stereocenters. The molecule has 2 aromatic rings. The van der Waals surface area contributed by atoms with Crippen molar-refractivity contribution in [2.45, 2.75) is 38.6 Å². The lowest BCUT2D eigenvalue weighted by molar-refractivity contribution is 0.514. The van der Waals surface area contributed by atoms with Gasteiger partial charge in [-0.05, 0) is 41.8 Å². The molecule has 2 aromatic heterocycles. The van der Waals surface area contributed by atoms with Crippen LogP contribution in [0.5, 0.6) is 0 Å². The largest absolute Gasteiger partial charge is 0.289 e. The Labute approximate surface area is 113 Å². The molecule has 4 nitrogen and oxygen atoms in total. The van der Waals surface area contributed by atoms with Gasteiger partial charge >= 0.3 is 0 Å². The molecule has 0 radical (unpaired) electrons. The Morgan fingerprint density at radius 2 is 2.11 bits per heavy atom. The molecule has 1 fully saturated rings. The average Bonchev–Trinajstić information content (AvgIpc) is 2.85. The predicted octanol–water partition coefficient (Wildman–Crippen LogP) is 2.98. The molecule has 1 saturated carbocycles. The summed E-state index contributed by atoms with van der Waals surface area (Å²) in [6.07, 6.45) is 6.29. The van der Waals surface area contributed by atoms with E-state index in [4.69, 9.17) is 0 Å². The van der Waals surface area contributed by atoms with Crippen LogP contribution in [0.3, 0.4) is 0 Å². The van der Waals surface area contributed by atoms with Crippen molar-refractivity contribution < 1.29 is 0 Å². The molecule has 3 rings (SSSR count). The highest BCUT2D eigenvalue weighted by molar-refractivity contribution is 9.10. The quantitative estimate of drug-likeness (QED) is 0.814. The molecule has 0 bridgehead atoms. The van der Waals surface area contributed by atoms with Gasteiger partial charge in [-0.3, -0.25) is 9.36 Å². The smallest absolute Gasteiger partial charge is 0.266 e. The summed E-state index contributed by atoms with van der Waals surface area (Å²) in [5.41, 5.74) is 0.787. The molecule has 0 aliphatic heterocycles. The first kappa shape index (κ1) is 11.8. The molecule has 0 unspecified atom stereocenters. The summed E-state index contributed by atoms with van der Waals surface area (Å²) >= 11 is 3.34. The van der Waals surface area contributed by atoms with E-state index in [0.717, 1.165) is 23.9 Å². The van der Waals surface area contributed by atoms with E-state index < -0.39 is 0 Å². The third kappa shape index (κ3) is 1.86. The van der Waals surface area contributed by atoms with Crippen LogP contribution >= 0.6 is 15.9 Å². The first-order valence-corrected chi connectivity index (χ1v) is 7.00. The molecule has 0 N–H and O–H groups in total. The summed E-state index contributed by atoms with van der Waals surface area (Å²) in [4.78, 5) is 21.0. The van der Waals surface area contributed by atoms with Gasteiger partial charge in [0.05, 0.1) is 4.47 Å². The Kier molecular flexibility index (Phi) is 2.93. The zero-order valence-corrected chi connectivity index (χ0v) is 11.8. The lowest BCUT2D eigenvalue weighted by atomic mass is 10.2. The second kappa shape index (κ2) is 4.46. The number of hydrogen-bond donors (Lipinski definition) is 0. The monoisotopic (exact) mass is 307 g/mol. The number of aromatic nitrogens is 3. The summed E-state index contributed by atoms with van der Waals surface area (Å²) in [5.74, 6) is 0.705. The summed E-state index contributed by atoms with van der Waals surface area (Å²) in [6, 6.07) is 2.09. The third-order valence-corrected chi connectivity index (χ3v) is 4.11. The number of halogens is 1. The number of pyridine rings is 1. The fraction of sp³-hybridized carbons (Fsp3) is 0.462. The van der Waals surface area contributed by atoms with Gasteiger partial charge in [0.1, 0.15) is 11.5 Å². The molecule has 18 heavy (non-hydrogen) atoms. The highest BCUT2D eigenvalue weighted by Gasteiger charge is 2.21. The van der Waals surface area contributed by atoms with Crippen molar-refractivity contribution in [2.75, 3.05) is 0 Å². The maximum absolute atomic E-state index is 12.3. The minimum absolute atomic E-state index is 0.0208. The van der Waals surface area contributed by atoms with Crippen LogP contribution in [-0.4, -0.2) is 14.5 Å². The first-order chi connectivity index (χ1) is 8.66. The zero-order valence-electron chi connectivity index (χ0n) is 10.2. The van der Waals surface area contributed by atoms with E-state index in [9.17, 15) is 4.79 Å². The average molecular weight is 308 g/mol. The molecule has 0 spiro atoms. The Bertz CT molecular complexity index is 659. The van der Waals surface area contributed by atoms with Crippen molar-refractivity contribution in [3.63, 3.8) is 0 Å². The molecule has 0 aromatic carbocycles. The summed E-state index contributed by atoms with van der Waals surface area (Å²) in [5, 5.41) is 0.916. The minimum atomic E-state index is 0.0208. The highest BCUT2D eigenvalue weighted by Crippen LogP contribution is 2.30. The normalized spacial score (nSPS) is 16.6. The number of nitrogens with zero attached hydrogens (tertiary/aromatic N) is 3. The van der Waals surface area contributed by atoms with E-state index in [0.29, 0.717) is 10.3 Å². The molecular weight excluding hydrogens is 294 g/mol. The van der Waals surface area contributed by atoms with Gasteiger partial charge < -0.3 is 0 Å². The van der Waals surface area contributed by atoms with E-state index in [1.54, 1.807) is 6.20 Å². The van der Waals surface area contributed by atoms with Crippen molar-refractivity contribution in [1.29, 1.82) is 0 Å². The van der Waals surface area contributed by atoms with E-state index in [1.807, 2.05) is 17.6 Å². The van der Waals surface area contributed by atoms with Crippen molar-refractivity contribution in [3.8, 4) is 0 Å². The SMILES string of the molecule is Cc1ncc2cc(Br)c(=O)n(C3CCCC3)c2n1. The van der Waals surface area contributed by atoms with Gasteiger partial charge in [0.15, 0.2) is 0 Å². The fourth-order valence-electron chi connectivity index (χ4n) is 2.67. The Balaban J connectivity index is 2.34. The van der Waals surface area contributed by atoms with E-state index in [1.165, 1.54) is 12.8 Å². The molecule has 1 aliphatic rings. The number of fused-ring (bicyclic) bond motifs is 1. The topological polar surface area (TPSA) is 47.8 Å². The maximum atomic E-state index is 12.3. The van der Waals surface area contributed by atoms with Gasteiger partial charge in [-0.1, -0.05) is 12.8 Å². The summed E-state index contributed by atoms with van der Waals surface area (Å²) in [6.45, 7) is 1.85. The van der Waals surface area contributed by atoms with E-state index >= 15 is 0 Å². The van der Waals surface area contributed by atoms with Crippen molar-refractivity contribution in [2.24, 2.45) is 0 Å². The second-order valence-corrected chi connectivity index (χ2v) is 5.66. The number of rotatable bonds is 1. The molecular formula is C13H14BrN3O. The molecule has 2 heterocycles. The molecule has 94 valence electrons. The highest BCUT2D eigenvalue weighted by atomic mass is 79.9. The van der Waals surface area contributed by atoms with Crippen molar-refractivity contribution in [1.82, 2.24) is 14.5 Å². The molecule has 0 saturated heterocycles. The number of hydrogen-bond acceptors (Lipinski definition) is 3. The lowest BCUT2D eigenvalue weighted by Crippen LogP contribution is -2.25. The van der Waals surface area contributed by atoms with Gasteiger partial charge in [0, 0.05) is 17.6 Å². The van der Waals surface area contributed by atoms with Crippen LogP contribution in [0.4, 0.5) is 0 Å². The van der Waals surface area contributed by atoms with Crippen LogP contribution in [0.1, 0.15) is 37.5 Å². The van der Waals surface area contributed by atoms with Crippen LogP contribution in [0.2, 0.25) is 0 Å². The maximum Gasteiger partial charge on any atom is 0.266 e. The van der Waals surface area contributed by atoms with E-state index in [-0.39, 0.29) is 11.6 Å². The second-order valence-electron chi connectivity index (χ2n) is 4.80. The first-order valence-electron chi connectivity index (χ1n) is 6.21.